The minimum absolute atomic E-state index is 0.0668. The predicted octanol–water partition coefficient (Wildman–Crippen LogP) is 6.67. The standard InChI is InChI=1S/C22H38OSi/c1-3-5-6-7-8-9-10-11-12-13-14-20-15-17-22(18-16-20)21(4-2)19-24-23/h15-18,21,23H,3-14,19H2,1-2H3. The zero-order valence-corrected chi connectivity index (χ0v) is 17.0. The van der Waals surface area contributed by atoms with Gasteiger partial charge in [-0.2, -0.15) is 0 Å². The van der Waals surface area contributed by atoms with Crippen LogP contribution in [-0.4, -0.2) is 14.6 Å². The summed E-state index contributed by atoms with van der Waals surface area (Å²) in [6, 6.07) is 10.1. The number of hydrogen-bond donors (Lipinski definition) is 1. The van der Waals surface area contributed by atoms with E-state index >= 15 is 0 Å². The van der Waals surface area contributed by atoms with Gasteiger partial charge in [0.15, 0.2) is 0 Å². The lowest BCUT2D eigenvalue weighted by Gasteiger charge is -2.13. The molecule has 1 unspecified atom stereocenters. The molecular weight excluding hydrogens is 308 g/mol. The molecule has 0 aliphatic carbocycles. The summed E-state index contributed by atoms with van der Waals surface area (Å²) in [5.41, 5.74) is 2.87. The van der Waals surface area contributed by atoms with Crippen molar-refractivity contribution in [3.63, 3.8) is 0 Å². The summed E-state index contributed by atoms with van der Waals surface area (Å²) < 4.78 is 0. The van der Waals surface area contributed by atoms with E-state index in [1.807, 2.05) is 0 Å². The Kier molecular flexibility index (Phi) is 13.1. The summed E-state index contributed by atoms with van der Waals surface area (Å²) in [6.45, 7) is 4.49. The number of hydrogen-bond acceptors (Lipinski definition) is 1. The van der Waals surface area contributed by atoms with Crippen LogP contribution in [0, 0.1) is 0 Å². The van der Waals surface area contributed by atoms with E-state index in [0.29, 0.717) is 5.92 Å². The molecule has 1 atom stereocenters. The molecule has 0 aliphatic heterocycles. The lowest BCUT2D eigenvalue weighted by atomic mass is 9.96. The van der Waals surface area contributed by atoms with Gasteiger partial charge in [-0.25, -0.2) is 0 Å². The molecule has 0 saturated heterocycles. The summed E-state index contributed by atoms with van der Waals surface area (Å²) in [6.07, 6.45) is 16.4. The van der Waals surface area contributed by atoms with Gasteiger partial charge in [-0.1, -0.05) is 95.9 Å². The van der Waals surface area contributed by atoms with Crippen LogP contribution in [0.1, 0.15) is 102 Å². The Labute approximate surface area is 153 Å². The van der Waals surface area contributed by atoms with Crippen LogP contribution in [-0.2, 0) is 6.42 Å². The Morgan fingerprint density at radius 2 is 1.33 bits per heavy atom. The molecule has 1 aromatic rings. The third-order valence-electron chi connectivity index (χ3n) is 5.10. The first-order chi connectivity index (χ1) is 11.8. The van der Waals surface area contributed by atoms with E-state index in [4.69, 9.17) is 0 Å². The van der Waals surface area contributed by atoms with E-state index in [-0.39, 0.29) is 9.76 Å². The average molecular weight is 347 g/mol. The van der Waals surface area contributed by atoms with Crippen molar-refractivity contribution in [1.82, 2.24) is 0 Å². The first-order valence-electron chi connectivity index (χ1n) is 10.3. The summed E-state index contributed by atoms with van der Waals surface area (Å²) in [5.74, 6) is 0.528. The molecule has 0 spiro atoms. The largest absolute Gasteiger partial charge is 0.432 e. The van der Waals surface area contributed by atoms with E-state index in [0.717, 1.165) is 12.5 Å². The first kappa shape index (κ1) is 21.4. The minimum atomic E-state index is 0.0668. The van der Waals surface area contributed by atoms with Crippen LogP contribution < -0.4 is 0 Å². The molecule has 0 saturated carbocycles. The smallest absolute Gasteiger partial charge is 0.224 e. The van der Waals surface area contributed by atoms with Crippen LogP contribution in [0.3, 0.4) is 0 Å². The molecule has 1 aromatic carbocycles. The van der Waals surface area contributed by atoms with E-state index in [1.165, 1.54) is 81.8 Å². The molecule has 0 aliphatic rings. The first-order valence-corrected chi connectivity index (χ1v) is 11.4. The van der Waals surface area contributed by atoms with Gasteiger partial charge in [0.2, 0.25) is 9.76 Å². The van der Waals surface area contributed by atoms with Crippen molar-refractivity contribution < 1.29 is 4.80 Å². The molecule has 0 amide bonds. The number of aryl methyl sites for hydroxylation is 1. The molecule has 24 heavy (non-hydrogen) atoms. The maximum absolute atomic E-state index is 9.17. The Morgan fingerprint density at radius 1 is 0.792 bits per heavy atom. The maximum Gasteiger partial charge on any atom is 0.224 e. The van der Waals surface area contributed by atoms with Crippen molar-refractivity contribution in [2.45, 2.75) is 103 Å². The molecule has 2 heteroatoms. The quantitative estimate of drug-likeness (QED) is 0.277. The SMILES string of the molecule is CCCCCCCCCCCCc1ccc(C(CC)C[Si]O)cc1. The zero-order chi connectivity index (χ0) is 17.5. The lowest BCUT2D eigenvalue weighted by Crippen LogP contribution is -2.01. The highest BCUT2D eigenvalue weighted by Crippen LogP contribution is 2.24. The van der Waals surface area contributed by atoms with Gasteiger partial charge in [0, 0.05) is 0 Å². The highest BCUT2D eigenvalue weighted by atomic mass is 28.2. The number of rotatable bonds is 15. The van der Waals surface area contributed by atoms with Crippen molar-refractivity contribution in [3.05, 3.63) is 35.4 Å². The molecular formula is C22H38OSi. The highest BCUT2D eigenvalue weighted by Gasteiger charge is 2.09. The predicted molar refractivity (Wildman–Crippen MR) is 108 cm³/mol. The zero-order valence-electron chi connectivity index (χ0n) is 16.0. The molecule has 136 valence electrons. The summed E-state index contributed by atoms with van der Waals surface area (Å²) >= 11 is 0. The van der Waals surface area contributed by atoms with E-state index in [2.05, 4.69) is 38.1 Å². The fourth-order valence-electron chi connectivity index (χ4n) is 3.38. The summed E-state index contributed by atoms with van der Waals surface area (Å²) in [7, 11) is 0.0668. The molecule has 0 fully saturated rings. The van der Waals surface area contributed by atoms with Gasteiger partial charge < -0.3 is 4.80 Å². The monoisotopic (exact) mass is 346 g/mol. The van der Waals surface area contributed by atoms with E-state index < -0.39 is 0 Å². The van der Waals surface area contributed by atoms with Crippen LogP contribution in [0.2, 0.25) is 6.04 Å². The minimum Gasteiger partial charge on any atom is -0.432 e. The maximum atomic E-state index is 9.17. The molecule has 2 radical (unpaired) electrons. The van der Waals surface area contributed by atoms with Crippen LogP contribution in [0.25, 0.3) is 0 Å². The number of unbranched alkanes of at least 4 members (excludes halogenated alkanes) is 9. The molecule has 1 nitrogen and oxygen atoms in total. The average Bonchev–Trinajstić information content (AvgIpc) is 2.62. The summed E-state index contributed by atoms with van der Waals surface area (Å²) in [4.78, 5) is 9.17. The van der Waals surface area contributed by atoms with Crippen molar-refractivity contribution in [3.8, 4) is 0 Å². The van der Waals surface area contributed by atoms with Crippen molar-refractivity contribution in [2.24, 2.45) is 0 Å². The van der Waals surface area contributed by atoms with Crippen LogP contribution in [0.15, 0.2) is 24.3 Å². The topological polar surface area (TPSA) is 20.2 Å². The van der Waals surface area contributed by atoms with Crippen LogP contribution >= 0.6 is 0 Å². The van der Waals surface area contributed by atoms with Gasteiger partial charge in [0.1, 0.15) is 0 Å². The second-order valence-corrected chi connectivity index (χ2v) is 7.87. The Morgan fingerprint density at radius 3 is 1.83 bits per heavy atom. The molecule has 1 rings (SSSR count). The molecule has 0 bridgehead atoms. The van der Waals surface area contributed by atoms with Gasteiger partial charge in [-0.15, -0.1) is 0 Å². The van der Waals surface area contributed by atoms with Gasteiger partial charge in [0.05, 0.1) is 0 Å². The summed E-state index contributed by atoms with van der Waals surface area (Å²) in [5, 5.41) is 0. The van der Waals surface area contributed by atoms with Gasteiger partial charge in [-0.05, 0) is 42.4 Å². The molecule has 1 N–H and O–H groups in total. The molecule has 0 aromatic heterocycles. The van der Waals surface area contributed by atoms with Crippen molar-refractivity contribution in [2.75, 3.05) is 0 Å². The normalized spacial score (nSPS) is 12.5. The van der Waals surface area contributed by atoms with E-state index in [1.54, 1.807) is 0 Å². The lowest BCUT2D eigenvalue weighted by molar-refractivity contribution is 0.556. The van der Waals surface area contributed by atoms with Gasteiger partial charge in [-0.3, -0.25) is 0 Å². The van der Waals surface area contributed by atoms with E-state index in [9.17, 15) is 4.80 Å². The Bertz CT molecular complexity index is 387. The van der Waals surface area contributed by atoms with Gasteiger partial charge >= 0.3 is 0 Å². The van der Waals surface area contributed by atoms with Crippen molar-refractivity contribution >= 4 is 9.76 Å². The third-order valence-corrected chi connectivity index (χ3v) is 5.78. The van der Waals surface area contributed by atoms with Crippen molar-refractivity contribution in [1.29, 1.82) is 0 Å². The molecule has 0 heterocycles. The fraction of sp³-hybridized carbons (Fsp3) is 0.727. The Balaban J connectivity index is 2.09. The Hall–Kier alpha value is -0.603. The second kappa shape index (κ2) is 14.7. The van der Waals surface area contributed by atoms with Gasteiger partial charge in [0.25, 0.3) is 0 Å². The second-order valence-electron chi connectivity index (χ2n) is 7.14. The van der Waals surface area contributed by atoms with Crippen LogP contribution in [0.4, 0.5) is 0 Å². The third kappa shape index (κ3) is 9.63. The fourth-order valence-corrected chi connectivity index (χ4v) is 4.13. The number of benzene rings is 1. The highest BCUT2D eigenvalue weighted by molar-refractivity contribution is 6.25. The van der Waals surface area contributed by atoms with Crippen LogP contribution in [0.5, 0.6) is 0 Å².